The van der Waals surface area contributed by atoms with Gasteiger partial charge in [0, 0.05) is 29.6 Å². The van der Waals surface area contributed by atoms with Crippen LogP contribution in [0.5, 0.6) is 0 Å². The number of amides is 1. The molecule has 0 radical (unpaired) electrons. The van der Waals surface area contributed by atoms with Crippen molar-refractivity contribution in [3.8, 4) is 0 Å². The van der Waals surface area contributed by atoms with E-state index in [0.29, 0.717) is 18.2 Å². The second-order valence-corrected chi connectivity index (χ2v) is 5.06. The molecule has 100 valence electrons. The lowest BCUT2D eigenvalue weighted by atomic mass is 10.2. The van der Waals surface area contributed by atoms with Crippen LogP contribution in [-0.4, -0.2) is 37.0 Å². The van der Waals surface area contributed by atoms with Crippen molar-refractivity contribution in [2.45, 2.75) is 31.2 Å². The first kappa shape index (κ1) is 15.1. The number of benzene rings is 1. The van der Waals surface area contributed by atoms with Crippen LogP contribution in [0.3, 0.4) is 0 Å². The highest BCUT2D eigenvalue weighted by molar-refractivity contribution is 7.80. The summed E-state index contributed by atoms with van der Waals surface area (Å²) < 4.78 is 0. The molecule has 1 rings (SSSR count). The molecular weight excluding hydrogens is 244 g/mol. The van der Waals surface area contributed by atoms with Crippen LogP contribution in [0, 0.1) is 0 Å². The lowest BCUT2D eigenvalue weighted by Gasteiger charge is -2.23. The van der Waals surface area contributed by atoms with E-state index in [9.17, 15) is 4.79 Å². The molecule has 18 heavy (non-hydrogen) atoms. The van der Waals surface area contributed by atoms with Gasteiger partial charge in [-0.2, -0.15) is 0 Å². The van der Waals surface area contributed by atoms with Gasteiger partial charge in [-0.05, 0) is 38.6 Å². The number of nitrogens with one attached hydrogen (secondary N) is 1. The van der Waals surface area contributed by atoms with Crippen molar-refractivity contribution in [1.82, 2.24) is 10.2 Å². The summed E-state index contributed by atoms with van der Waals surface area (Å²) in [7, 11) is 2.08. The monoisotopic (exact) mass is 266 g/mol. The highest BCUT2D eigenvalue weighted by Crippen LogP contribution is 2.08. The largest absolute Gasteiger partial charge is 0.351 e. The molecule has 1 aromatic carbocycles. The van der Waals surface area contributed by atoms with Crippen molar-refractivity contribution in [2.75, 3.05) is 20.1 Å². The van der Waals surface area contributed by atoms with Crippen LogP contribution in [0.1, 0.15) is 30.6 Å². The number of rotatable bonds is 6. The number of carbonyl (C=O) groups is 1. The van der Waals surface area contributed by atoms with Gasteiger partial charge < -0.3 is 10.2 Å². The lowest BCUT2D eigenvalue weighted by Crippen LogP contribution is -2.37. The SMILES string of the molecule is CCC(C)N(C)CCNC(=O)c1cccc(S)c1. The Hall–Kier alpha value is -1.00. The first-order chi connectivity index (χ1) is 8.54. The minimum atomic E-state index is -0.0385. The van der Waals surface area contributed by atoms with E-state index in [1.165, 1.54) is 0 Å². The topological polar surface area (TPSA) is 32.3 Å². The van der Waals surface area contributed by atoms with Gasteiger partial charge in [0.05, 0.1) is 0 Å². The average Bonchev–Trinajstić information content (AvgIpc) is 2.37. The van der Waals surface area contributed by atoms with Crippen LogP contribution in [0.2, 0.25) is 0 Å². The Morgan fingerprint density at radius 2 is 2.22 bits per heavy atom. The van der Waals surface area contributed by atoms with Gasteiger partial charge in [-0.1, -0.05) is 13.0 Å². The maximum absolute atomic E-state index is 11.9. The van der Waals surface area contributed by atoms with Gasteiger partial charge in [0.25, 0.3) is 5.91 Å². The predicted molar refractivity (Wildman–Crippen MR) is 78.4 cm³/mol. The summed E-state index contributed by atoms with van der Waals surface area (Å²) >= 11 is 4.22. The number of likely N-dealkylation sites (N-methyl/N-ethyl adjacent to an activating group) is 1. The van der Waals surface area contributed by atoms with E-state index in [4.69, 9.17) is 0 Å². The molecule has 0 aliphatic rings. The number of thiol groups is 1. The van der Waals surface area contributed by atoms with E-state index >= 15 is 0 Å². The zero-order valence-electron chi connectivity index (χ0n) is 11.3. The Morgan fingerprint density at radius 3 is 2.83 bits per heavy atom. The van der Waals surface area contributed by atoms with E-state index in [1.807, 2.05) is 12.1 Å². The number of hydrogen-bond acceptors (Lipinski definition) is 3. The van der Waals surface area contributed by atoms with Crippen LogP contribution in [-0.2, 0) is 0 Å². The second-order valence-electron chi connectivity index (χ2n) is 4.54. The lowest BCUT2D eigenvalue weighted by molar-refractivity contribution is 0.0947. The molecule has 1 aromatic rings. The Kier molecular flexibility index (Phi) is 6.22. The average molecular weight is 266 g/mol. The summed E-state index contributed by atoms with van der Waals surface area (Å²) in [5, 5.41) is 2.92. The van der Waals surface area contributed by atoms with Crippen LogP contribution in [0.25, 0.3) is 0 Å². The predicted octanol–water partition coefficient (Wildman–Crippen LogP) is 2.44. The fourth-order valence-electron chi connectivity index (χ4n) is 1.63. The van der Waals surface area contributed by atoms with Gasteiger partial charge in [0.2, 0.25) is 0 Å². The van der Waals surface area contributed by atoms with Gasteiger partial charge in [0.1, 0.15) is 0 Å². The molecule has 0 bridgehead atoms. The quantitative estimate of drug-likeness (QED) is 0.775. The van der Waals surface area contributed by atoms with E-state index in [2.05, 4.69) is 43.7 Å². The van der Waals surface area contributed by atoms with E-state index < -0.39 is 0 Å². The molecule has 4 heteroatoms. The van der Waals surface area contributed by atoms with Gasteiger partial charge in [-0.3, -0.25) is 4.79 Å². The molecule has 0 spiro atoms. The van der Waals surface area contributed by atoms with Gasteiger partial charge >= 0.3 is 0 Å². The highest BCUT2D eigenvalue weighted by Gasteiger charge is 2.08. The third-order valence-electron chi connectivity index (χ3n) is 3.20. The molecule has 0 aliphatic carbocycles. The summed E-state index contributed by atoms with van der Waals surface area (Å²) in [6.45, 7) is 5.88. The summed E-state index contributed by atoms with van der Waals surface area (Å²) in [5.41, 5.74) is 0.661. The van der Waals surface area contributed by atoms with Gasteiger partial charge in [-0.25, -0.2) is 0 Å². The third kappa shape index (κ3) is 4.70. The Morgan fingerprint density at radius 1 is 1.50 bits per heavy atom. The molecule has 0 aromatic heterocycles. The minimum Gasteiger partial charge on any atom is -0.351 e. The number of nitrogens with zero attached hydrogens (tertiary/aromatic N) is 1. The van der Waals surface area contributed by atoms with E-state index in [-0.39, 0.29) is 5.91 Å². The molecule has 0 heterocycles. The molecule has 1 amide bonds. The van der Waals surface area contributed by atoms with E-state index in [1.54, 1.807) is 12.1 Å². The number of carbonyl (C=O) groups excluding carboxylic acids is 1. The van der Waals surface area contributed by atoms with Crippen LogP contribution >= 0.6 is 12.6 Å². The molecule has 3 nitrogen and oxygen atoms in total. The zero-order chi connectivity index (χ0) is 13.5. The van der Waals surface area contributed by atoms with Crippen molar-refractivity contribution in [2.24, 2.45) is 0 Å². The molecule has 0 saturated carbocycles. The second kappa shape index (κ2) is 7.44. The standard InChI is InChI=1S/C14H22N2OS/c1-4-11(2)16(3)9-8-15-14(17)12-6-5-7-13(18)10-12/h5-7,10-11,18H,4,8-9H2,1-3H3,(H,15,17). The summed E-state index contributed by atoms with van der Waals surface area (Å²) in [5.74, 6) is -0.0385. The molecule has 1 unspecified atom stereocenters. The highest BCUT2D eigenvalue weighted by atomic mass is 32.1. The van der Waals surface area contributed by atoms with Crippen LogP contribution in [0.15, 0.2) is 29.2 Å². The van der Waals surface area contributed by atoms with Crippen molar-refractivity contribution >= 4 is 18.5 Å². The zero-order valence-corrected chi connectivity index (χ0v) is 12.2. The maximum atomic E-state index is 11.9. The van der Waals surface area contributed by atoms with Gasteiger partial charge in [0.15, 0.2) is 0 Å². The molecule has 0 fully saturated rings. The Labute approximate surface area is 115 Å². The molecule has 1 atom stereocenters. The number of hydrogen-bond donors (Lipinski definition) is 2. The fourth-order valence-corrected chi connectivity index (χ4v) is 1.85. The first-order valence-electron chi connectivity index (χ1n) is 6.32. The summed E-state index contributed by atoms with van der Waals surface area (Å²) in [6.07, 6.45) is 1.12. The Bertz CT molecular complexity index is 395. The van der Waals surface area contributed by atoms with Crippen molar-refractivity contribution in [3.05, 3.63) is 29.8 Å². The normalized spacial score (nSPS) is 12.5. The van der Waals surface area contributed by atoms with Crippen molar-refractivity contribution in [3.63, 3.8) is 0 Å². The first-order valence-corrected chi connectivity index (χ1v) is 6.76. The van der Waals surface area contributed by atoms with Crippen LogP contribution in [0.4, 0.5) is 0 Å². The van der Waals surface area contributed by atoms with Crippen LogP contribution < -0.4 is 5.32 Å². The van der Waals surface area contributed by atoms with E-state index in [0.717, 1.165) is 17.9 Å². The maximum Gasteiger partial charge on any atom is 0.251 e. The molecule has 1 N–H and O–H groups in total. The fraction of sp³-hybridized carbons (Fsp3) is 0.500. The third-order valence-corrected chi connectivity index (χ3v) is 3.48. The molecule has 0 aliphatic heterocycles. The van der Waals surface area contributed by atoms with Crippen molar-refractivity contribution in [1.29, 1.82) is 0 Å². The summed E-state index contributed by atoms with van der Waals surface area (Å²) in [6, 6.07) is 7.81. The van der Waals surface area contributed by atoms with Crippen molar-refractivity contribution < 1.29 is 4.79 Å². The molecule has 0 saturated heterocycles. The van der Waals surface area contributed by atoms with Gasteiger partial charge in [-0.15, -0.1) is 12.6 Å². The smallest absolute Gasteiger partial charge is 0.251 e. The summed E-state index contributed by atoms with van der Waals surface area (Å²) in [4.78, 5) is 14.9. The Balaban J connectivity index is 2.38. The molecular formula is C14H22N2OS. The minimum absolute atomic E-state index is 0.0385.